The molecule has 0 saturated carbocycles. The second-order valence-corrected chi connectivity index (χ2v) is 21.9. The van der Waals surface area contributed by atoms with Crippen LogP contribution in [0.5, 0.6) is 0 Å². The Morgan fingerprint density at radius 2 is 0.797 bits per heavy atom. The molecule has 0 spiro atoms. The van der Waals surface area contributed by atoms with Gasteiger partial charge < -0.3 is 64.2 Å². The number of carbonyl (C=O) groups excluding carboxylic acids is 1. The number of unbranched alkanes of at least 4 members (excludes halogenated alkanes) is 35. The van der Waals surface area contributed by atoms with Crippen molar-refractivity contribution in [2.75, 3.05) is 33.0 Å². The lowest BCUT2D eigenvalue weighted by Crippen LogP contribution is -2.61. The summed E-state index contributed by atoms with van der Waals surface area (Å²) < 4.78 is 34.5. The minimum absolute atomic E-state index is 0.0670. The summed E-state index contributed by atoms with van der Waals surface area (Å²) in [5, 5.41) is 72.4. The Hall–Kier alpha value is -1.27. The summed E-state index contributed by atoms with van der Waals surface area (Å²) in [4.78, 5) is 13.1. The molecule has 2 fully saturated rings. The number of aliphatic hydroxyl groups excluding tert-OH is 7. The van der Waals surface area contributed by atoms with Gasteiger partial charge in [0.05, 0.1) is 26.4 Å². The van der Waals surface area contributed by atoms with E-state index in [9.17, 15) is 40.5 Å². The van der Waals surface area contributed by atoms with Crippen molar-refractivity contribution < 1.29 is 69.0 Å². The van der Waals surface area contributed by atoms with E-state index < -0.39 is 80.7 Å². The van der Waals surface area contributed by atoms with Gasteiger partial charge in [0.1, 0.15) is 54.9 Å². The van der Waals surface area contributed by atoms with Gasteiger partial charge >= 0.3 is 5.97 Å². The van der Waals surface area contributed by atoms with Crippen LogP contribution in [0.3, 0.4) is 0 Å². The predicted molar refractivity (Wildman–Crippen MR) is 294 cm³/mol. The number of ether oxygens (including phenoxy) is 6. The molecule has 0 radical (unpaired) electrons. The van der Waals surface area contributed by atoms with Gasteiger partial charge in [-0.15, -0.1) is 0 Å². The number of esters is 1. The van der Waals surface area contributed by atoms with Crippen molar-refractivity contribution in [2.45, 2.75) is 332 Å². The molecule has 0 aromatic carbocycles. The number of allylic oxidation sites excluding steroid dienone is 2. The van der Waals surface area contributed by atoms with Crippen LogP contribution in [0.2, 0.25) is 0 Å². The van der Waals surface area contributed by atoms with E-state index >= 15 is 0 Å². The molecule has 11 atom stereocenters. The molecule has 11 unspecified atom stereocenters. The Labute approximate surface area is 450 Å². The van der Waals surface area contributed by atoms with Gasteiger partial charge in [0.25, 0.3) is 0 Å². The highest BCUT2D eigenvalue weighted by Gasteiger charge is 2.47. The van der Waals surface area contributed by atoms with Gasteiger partial charge in [0, 0.05) is 13.0 Å². The first-order valence-corrected chi connectivity index (χ1v) is 30.8. The summed E-state index contributed by atoms with van der Waals surface area (Å²) in [6.07, 6.45) is 37.0. The molecule has 0 aliphatic carbocycles. The molecule has 0 aromatic heterocycles. The molecular formula is C60H114O14. The fourth-order valence-corrected chi connectivity index (χ4v) is 10.0. The van der Waals surface area contributed by atoms with Crippen LogP contribution in [0.4, 0.5) is 0 Å². The van der Waals surface area contributed by atoms with Crippen molar-refractivity contribution in [3.63, 3.8) is 0 Å². The molecule has 7 N–H and O–H groups in total. The van der Waals surface area contributed by atoms with Crippen molar-refractivity contribution >= 4 is 5.97 Å². The molecule has 0 amide bonds. The molecule has 2 aliphatic heterocycles. The zero-order chi connectivity index (χ0) is 53.7. The van der Waals surface area contributed by atoms with Crippen LogP contribution >= 0.6 is 0 Å². The zero-order valence-corrected chi connectivity index (χ0v) is 47.1. The van der Waals surface area contributed by atoms with Crippen molar-refractivity contribution in [2.24, 2.45) is 0 Å². The smallest absolute Gasteiger partial charge is 0.306 e. The maximum absolute atomic E-state index is 13.1. The van der Waals surface area contributed by atoms with Crippen molar-refractivity contribution in [3.8, 4) is 0 Å². The van der Waals surface area contributed by atoms with Crippen LogP contribution < -0.4 is 0 Å². The third kappa shape index (κ3) is 33.9. The topological polar surface area (TPSA) is 214 Å². The Balaban J connectivity index is 1.69. The second kappa shape index (κ2) is 47.7. The van der Waals surface area contributed by atoms with Gasteiger partial charge in [0.2, 0.25) is 0 Å². The van der Waals surface area contributed by atoms with Crippen LogP contribution in [0.25, 0.3) is 0 Å². The van der Waals surface area contributed by atoms with Gasteiger partial charge in [0.15, 0.2) is 12.6 Å². The van der Waals surface area contributed by atoms with E-state index in [1.807, 2.05) is 0 Å². The molecule has 74 heavy (non-hydrogen) atoms. The lowest BCUT2D eigenvalue weighted by atomic mass is 9.98. The summed E-state index contributed by atoms with van der Waals surface area (Å²) in [6.45, 7) is 3.75. The fraction of sp³-hybridized carbons (Fsp3) is 0.950. The molecule has 2 rings (SSSR count). The Morgan fingerprint density at radius 1 is 0.432 bits per heavy atom. The number of hydrogen-bond donors (Lipinski definition) is 7. The highest BCUT2D eigenvalue weighted by atomic mass is 16.7. The summed E-state index contributed by atoms with van der Waals surface area (Å²) in [5.41, 5.74) is 0. The molecule has 14 nitrogen and oxygen atoms in total. The third-order valence-electron chi connectivity index (χ3n) is 15.0. The fourth-order valence-electron chi connectivity index (χ4n) is 10.0. The predicted octanol–water partition coefficient (Wildman–Crippen LogP) is 11.4. The van der Waals surface area contributed by atoms with E-state index in [4.69, 9.17) is 28.4 Å². The molecule has 2 aliphatic rings. The van der Waals surface area contributed by atoms with Crippen molar-refractivity contribution in [3.05, 3.63) is 12.2 Å². The molecule has 438 valence electrons. The first kappa shape index (κ1) is 68.8. The van der Waals surface area contributed by atoms with Crippen molar-refractivity contribution in [1.29, 1.82) is 0 Å². The van der Waals surface area contributed by atoms with E-state index in [1.165, 1.54) is 199 Å². The van der Waals surface area contributed by atoms with E-state index in [1.54, 1.807) is 0 Å². The number of rotatable bonds is 51. The summed E-state index contributed by atoms with van der Waals surface area (Å²) in [6, 6.07) is 0. The maximum Gasteiger partial charge on any atom is 0.306 e. The normalized spacial score (nSPS) is 24.8. The molecule has 14 heteroatoms. The minimum atomic E-state index is -1.70. The standard InChI is InChI=1S/C60H114O14/c1-3-5-7-9-11-13-15-17-19-21-23-25-27-29-31-33-35-37-39-41-43-52(62)72-49(46-69-44-42-40-38-36-34-32-30-28-26-24-22-20-18-16-14-12-10-8-6-4-2)47-70-59-58(68)56(66)54(64)51(74-59)48-71-60-57(67)55(65)53(63)50(45-61)73-60/h18,20,49-51,53-61,63-68H,3-17,19,21-48H2,1-2H3/b20-18-. The van der Waals surface area contributed by atoms with Gasteiger partial charge in [-0.3, -0.25) is 4.79 Å². The van der Waals surface area contributed by atoms with Crippen LogP contribution in [-0.4, -0.2) is 142 Å². The SMILES string of the molecule is CCCCCCCC/C=C\CCCCCCCCCCCCOCC(COC1OC(COC2OC(CO)C(O)C(O)C2O)C(O)C(O)C1O)OC(=O)CCCCCCCCCCCCCCCCCCCCCC. The van der Waals surface area contributed by atoms with Gasteiger partial charge in [-0.1, -0.05) is 231 Å². The number of hydrogen-bond acceptors (Lipinski definition) is 14. The summed E-state index contributed by atoms with van der Waals surface area (Å²) in [7, 11) is 0. The van der Waals surface area contributed by atoms with E-state index in [0.29, 0.717) is 13.0 Å². The Morgan fingerprint density at radius 3 is 1.23 bits per heavy atom. The summed E-state index contributed by atoms with van der Waals surface area (Å²) >= 11 is 0. The molecule has 0 aromatic rings. The maximum atomic E-state index is 13.1. The van der Waals surface area contributed by atoms with Crippen LogP contribution in [0.1, 0.15) is 264 Å². The van der Waals surface area contributed by atoms with Gasteiger partial charge in [-0.05, 0) is 38.5 Å². The first-order valence-electron chi connectivity index (χ1n) is 30.8. The lowest BCUT2D eigenvalue weighted by molar-refractivity contribution is -0.332. The van der Waals surface area contributed by atoms with Crippen LogP contribution in [0.15, 0.2) is 12.2 Å². The quantitative estimate of drug-likeness (QED) is 0.0172. The van der Waals surface area contributed by atoms with Gasteiger partial charge in [-0.25, -0.2) is 0 Å². The Kier molecular flexibility index (Phi) is 44.4. The number of aliphatic hydroxyl groups is 7. The Bertz CT molecular complexity index is 1270. The monoisotopic (exact) mass is 1060 g/mol. The number of carbonyl (C=O) groups is 1. The molecule has 0 bridgehead atoms. The molecule has 2 heterocycles. The van der Waals surface area contributed by atoms with Crippen LogP contribution in [0, 0.1) is 0 Å². The molecule has 2 saturated heterocycles. The van der Waals surface area contributed by atoms with Gasteiger partial charge in [-0.2, -0.15) is 0 Å². The third-order valence-corrected chi connectivity index (χ3v) is 15.0. The van der Waals surface area contributed by atoms with E-state index in [0.717, 1.165) is 38.5 Å². The molecular weight excluding hydrogens is 945 g/mol. The van der Waals surface area contributed by atoms with Crippen molar-refractivity contribution in [1.82, 2.24) is 0 Å². The minimum Gasteiger partial charge on any atom is -0.457 e. The van der Waals surface area contributed by atoms with Crippen LogP contribution in [-0.2, 0) is 33.2 Å². The largest absolute Gasteiger partial charge is 0.457 e. The average Bonchev–Trinajstić information content (AvgIpc) is 3.40. The second-order valence-electron chi connectivity index (χ2n) is 21.9. The zero-order valence-electron chi connectivity index (χ0n) is 47.1. The lowest BCUT2D eigenvalue weighted by Gasteiger charge is -2.42. The highest BCUT2D eigenvalue weighted by molar-refractivity contribution is 5.69. The first-order chi connectivity index (χ1) is 36.1. The summed E-state index contributed by atoms with van der Waals surface area (Å²) in [5.74, 6) is -0.369. The average molecular weight is 1060 g/mol. The van der Waals surface area contributed by atoms with E-state index in [2.05, 4.69) is 26.0 Å². The highest BCUT2D eigenvalue weighted by Crippen LogP contribution is 2.27. The van der Waals surface area contributed by atoms with E-state index in [-0.39, 0.29) is 25.6 Å².